The predicted molar refractivity (Wildman–Crippen MR) is 51.0 cm³/mol. The zero-order valence-electron chi connectivity index (χ0n) is 9.79. The minimum atomic E-state index is -1.03. The second-order valence-electron chi connectivity index (χ2n) is 3.66. The van der Waals surface area contributed by atoms with Crippen LogP contribution in [0.5, 0.6) is 0 Å². The number of aliphatic carboxylic acids is 1. The summed E-state index contributed by atoms with van der Waals surface area (Å²) in [6.45, 7) is 3.51. The number of carbonyl (C=O) groups excluding carboxylic acids is 2. The molecule has 0 bridgehead atoms. The fourth-order valence-corrected chi connectivity index (χ4v) is 1.34. The maximum atomic E-state index is 10.8. The number of primary amides is 1. The van der Waals surface area contributed by atoms with Crippen LogP contribution in [0.1, 0.15) is 39.5 Å². The zero-order chi connectivity index (χ0) is 11.1. The molecule has 0 aromatic rings. The van der Waals surface area contributed by atoms with Crippen LogP contribution in [-0.2, 0) is 9.59 Å². The van der Waals surface area contributed by atoms with Crippen molar-refractivity contribution in [3.05, 3.63) is 0 Å². The second kappa shape index (κ2) is 9.19. The SMILES string of the molecule is CCC(CCCC(C)C(=O)[O-])C(N)=O.[Na+]. The number of carboxylic acids is 1. The van der Waals surface area contributed by atoms with Crippen molar-refractivity contribution in [3.8, 4) is 0 Å². The molecule has 0 aliphatic carbocycles. The molecule has 0 saturated carbocycles. The van der Waals surface area contributed by atoms with Crippen LogP contribution < -0.4 is 40.4 Å². The first-order valence-electron chi connectivity index (χ1n) is 4.99. The molecule has 0 fully saturated rings. The van der Waals surface area contributed by atoms with Crippen LogP contribution in [0.2, 0.25) is 0 Å². The van der Waals surface area contributed by atoms with Crippen molar-refractivity contribution in [1.29, 1.82) is 0 Å². The molecule has 2 atom stereocenters. The fraction of sp³-hybridized carbons (Fsp3) is 0.800. The summed E-state index contributed by atoms with van der Waals surface area (Å²) in [4.78, 5) is 21.2. The minimum Gasteiger partial charge on any atom is -0.550 e. The molecular weight excluding hydrogens is 205 g/mol. The van der Waals surface area contributed by atoms with E-state index in [1.807, 2.05) is 6.92 Å². The summed E-state index contributed by atoms with van der Waals surface area (Å²) in [5.74, 6) is -1.89. The van der Waals surface area contributed by atoms with Crippen LogP contribution in [0.25, 0.3) is 0 Å². The quantitative estimate of drug-likeness (QED) is 0.469. The largest absolute Gasteiger partial charge is 1.00 e. The van der Waals surface area contributed by atoms with Gasteiger partial charge in [0.25, 0.3) is 0 Å². The van der Waals surface area contributed by atoms with Gasteiger partial charge in [-0.1, -0.05) is 20.3 Å². The van der Waals surface area contributed by atoms with Gasteiger partial charge in [0.05, 0.1) is 0 Å². The Hall–Kier alpha value is -0.0600. The number of amides is 1. The Morgan fingerprint density at radius 1 is 1.33 bits per heavy atom. The third-order valence-corrected chi connectivity index (χ3v) is 2.49. The summed E-state index contributed by atoms with van der Waals surface area (Å²) in [6.07, 6.45) is 2.64. The van der Waals surface area contributed by atoms with E-state index < -0.39 is 11.9 Å². The molecule has 0 aromatic heterocycles. The summed E-state index contributed by atoms with van der Waals surface area (Å²) in [7, 11) is 0. The molecule has 0 aromatic carbocycles. The van der Waals surface area contributed by atoms with E-state index in [-0.39, 0.29) is 41.4 Å². The fourth-order valence-electron chi connectivity index (χ4n) is 1.34. The van der Waals surface area contributed by atoms with Gasteiger partial charge in [-0.15, -0.1) is 0 Å². The van der Waals surface area contributed by atoms with E-state index in [2.05, 4.69) is 0 Å². The maximum Gasteiger partial charge on any atom is 1.00 e. The summed E-state index contributed by atoms with van der Waals surface area (Å²) in [5.41, 5.74) is 5.16. The van der Waals surface area contributed by atoms with E-state index in [9.17, 15) is 14.7 Å². The first kappa shape index (κ1) is 17.3. The second-order valence-corrected chi connectivity index (χ2v) is 3.66. The first-order chi connectivity index (χ1) is 6.49. The number of hydrogen-bond donors (Lipinski definition) is 1. The predicted octanol–water partition coefficient (Wildman–Crippen LogP) is -2.94. The van der Waals surface area contributed by atoms with E-state index in [1.165, 1.54) is 0 Å². The van der Waals surface area contributed by atoms with Gasteiger partial charge in [-0.05, 0) is 25.2 Å². The minimum absolute atomic E-state index is 0. The van der Waals surface area contributed by atoms with E-state index in [0.717, 1.165) is 6.42 Å². The van der Waals surface area contributed by atoms with Gasteiger partial charge in [0.1, 0.15) is 0 Å². The van der Waals surface area contributed by atoms with Crippen molar-refractivity contribution < 1.29 is 44.3 Å². The Morgan fingerprint density at radius 3 is 2.20 bits per heavy atom. The summed E-state index contributed by atoms with van der Waals surface area (Å²) < 4.78 is 0. The number of rotatable bonds is 7. The molecule has 82 valence electrons. The maximum absolute atomic E-state index is 10.8. The van der Waals surface area contributed by atoms with Crippen LogP contribution in [0, 0.1) is 11.8 Å². The summed E-state index contributed by atoms with van der Waals surface area (Å²) >= 11 is 0. The first-order valence-corrected chi connectivity index (χ1v) is 4.99. The molecule has 1 amide bonds. The zero-order valence-corrected chi connectivity index (χ0v) is 11.8. The van der Waals surface area contributed by atoms with E-state index in [0.29, 0.717) is 19.3 Å². The smallest absolute Gasteiger partial charge is 0.550 e. The van der Waals surface area contributed by atoms with Gasteiger partial charge in [-0.2, -0.15) is 0 Å². The van der Waals surface area contributed by atoms with Crippen molar-refractivity contribution in [2.75, 3.05) is 0 Å². The van der Waals surface area contributed by atoms with Crippen molar-refractivity contribution >= 4 is 11.9 Å². The van der Waals surface area contributed by atoms with Gasteiger partial charge in [0.2, 0.25) is 5.91 Å². The molecule has 0 aliphatic heterocycles. The Bertz CT molecular complexity index is 209. The number of carbonyl (C=O) groups is 2. The van der Waals surface area contributed by atoms with E-state index in [4.69, 9.17) is 5.73 Å². The van der Waals surface area contributed by atoms with Crippen molar-refractivity contribution in [2.45, 2.75) is 39.5 Å². The molecule has 0 saturated heterocycles. The Kier molecular flexibility index (Phi) is 10.6. The number of hydrogen-bond acceptors (Lipinski definition) is 3. The Balaban J connectivity index is 0. The van der Waals surface area contributed by atoms with Crippen LogP contribution in [-0.4, -0.2) is 11.9 Å². The third-order valence-electron chi connectivity index (χ3n) is 2.49. The molecule has 0 aliphatic rings. The average molecular weight is 223 g/mol. The normalized spacial score (nSPS) is 13.7. The van der Waals surface area contributed by atoms with Crippen molar-refractivity contribution in [1.82, 2.24) is 0 Å². The standard InChI is InChI=1S/C10H19NO3.Na/c1-3-8(9(11)12)6-4-5-7(2)10(13)14;/h7-8H,3-6H2,1-2H3,(H2,11,12)(H,13,14);/q;+1/p-1. The van der Waals surface area contributed by atoms with Crippen LogP contribution in [0.3, 0.4) is 0 Å². The van der Waals surface area contributed by atoms with Gasteiger partial charge < -0.3 is 15.6 Å². The van der Waals surface area contributed by atoms with Crippen LogP contribution in [0.15, 0.2) is 0 Å². The van der Waals surface area contributed by atoms with Crippen LogP contribution in [0.4, 0.5) is 0 Å². The monoisotopic (exact) mass is 223 g/mol. The molecule has 0 rings (SSSR count). The molecule has 0 spiro atoms. The van der Waals surface area contributed by atoms with Crippen molar-refractivity contribution in [2.24, 2.45) is 17.6 Å². The van der Waals surface area contributed by atoms with Gasteiger partial charge in [-0.25, -0.2) is 0 Å². The Morgan fingerprint density at radius 2 is 1.87 bits per heavy atom. The molecule has 4 nitrogen and oxygen atoms in total. The third kappa shape index (κ3) is 7.82. The Labute approximate surface area is 113 Å². The van der Waals surface area contributed by atoms with Gasteiger partial charge in [0, 0.05) is 11.9 Å². The molecule has 0 radical (unpaired) electrons. The van der Waals surface area contributed by atoms with Gasteiger partial charge in [-0.3, -0.25) is 4.79 Å². The van der Waals surface area contributed by atoms with E-state index in [1.54, 1.807) is 6.92 Å². The molecule has 15 heavy (non-hydrogen) atoms. The topological polar surface area (TPSA) is 83.2 Å². The molecular formula is C10H18NNaO3. The molecule has 2 N–H and O–H groups in total. The summed E-state index contributed by atoms with van der Waals surface area (Å²) in [6, 6.07) is 0. The molecule has 2 unspecified atom stereocenters. The molecule has 0 heterocycles. The number of carboxylic acid groups (broad SMARTS) is 1. The van der Waals surface area contributed by atoms with Crippen LogP contribution >= 0.6 is 0 Å². The number of nitrogens with two attached hydrogens (primary N) is 1. The van der Waals surface area contributed by atoms with Gasteiger partial charge >= 0.3 is 29.6 Å². The van der Waals surface area contributed by atoms with E-state index >= 15 is 0 Å². The van der Waals surface area contributed by atoms with Gasteiger partial charge in [0.15, 0.2) is 0 Å². The average Bonchev–Trinajstić information content (AvgIpc) is 2.11. The van der Waals surface area contributed by atoms with Crippen molar-refractivity contribution in [3.63, 3.8) is 0 Å². The molecule has 5 heteroatoms. The summed E-state index contributed by atoms with van der Waals surface area (Å²) in [5, 5.41) is 10.4.